The predicted molar refractivity (Wildman–Crippen MR) is 98.8 cm³/mol. The third-order valence-electron chi connectivity index (χ3n) is 3.81. The molecule has 8 heteroatoms. The zero-order valence-electron chi connectivity index (χ0n) is 12.1. The molecule has 24 heavy (non-hydrogen) atoms. The fourth-order valence-corrected chi connectivity index (χ4v) is 3.74. The number of pyridine rings is 1. The average Bonchev–Trinajstić information content (AvgIpc) is 3.27. The standard InChI is InChI=1S/C16H11Cl2IN2O3/c17-8-5-11(18)14(20-7-8)10-6-13(10)21(16(23)24)15(22)9-3-1-2-4-12(9)19/h1-5,7,10,13H,6H2,(H,23,24). The third kappa shape index (κ3) is 3.36. The van der Waals surface area contributed by atoms with Crippen molar-refractivity contribution in [3.8, 4) is 0 Å². The van der Waals surface area contributed by atoms with E-state index in [9.17, 15) is 14.7 Å². The lowest BCUT2D eigenvalue weighted by atomic mass is 10.2. The number of halogens is 3. The molecular formula is C16H11Cl2IN2O3. The van der Waals surface area contributed by atoms with Crippen LogP contribution in [0.1, 0.15) is 28.4 Å². The van der Waals surface area contributed by atoms with Crippen molar-refractivity contribution in [2.75, 3.05) is 0 Å². The number of nitrogens with zero attached hydrogens (tertiary/aromatic N) is 2. The van der Waals surface area contributed by atoms with Crippen LogP contribution in [0.5, 0.6) is 0 Å². The molecule has 3 rings (SSSR count). The van der Waals surface area contributed by atoms with Gasteiger partial charge in [0, 0.05) is 15.7 Å². The number of hydrogen-bond acceptors (Lipinski definition) is 3. The monoisotopic (exact) mass is 476 g/mol. The summed E-state index contributed by atoms with van der Waals surface area (Å²) in [6.45, 7) is 0. The molecule has 5 nitrogen and oxygen atoms in total. The molecule has 2 aromatic rings. The molecule has 0 aliphatic heterocycles. The SMILES string of the molecule is O=C(O)N(C(=O)c1ccccc1I)C1CC1c1ncc(Cl)cc1Cl. The molecule has 1 heterocycles. The Bertz CT molecular complexity index is 831. The van der Waals surface area contributed by atoms with Crippen molar-refractivity contribution in [1.82, 2.24) is 9.88 Å². The Morgan fingerprint density at radius 3 is 2.62 bits per heavy atom. The highest BCUT2D eigenvalue weighted by Gasteiger charge is 2.49. The number of carbonyl (C=O) groups is 2. The Morgan fingerprint density at radius 1 is 1.29 bits per heavy atom. The molecule has 1 fully saturated rings. The van der Waals surface area contributed by atoms with Crippen molar-refractivity contribution < 1.29 is 14.7 Å². The van der Waals surface area contributed by atoms with E-state index in [1.54, 1.807) is 30.3 Å². The van der Waals surface area contributed by atoms with E-state index in [-0.39, 0.29) is 5.92 Å². The summed E-state index contributed by atoms with van der Waals surface area (Å²) >= 11 is 14.0. The van der Waals surface area contributed by atoms with Gasteiger partial charge in [-0.15, -0.1) is 0 Å². The van der Waals surface area contributed by atoms with E-state index in [1.807, 2.05) is 22.6 Å². The Balaban J connectivity index is 1.87. The fraction of sp³-hybridized carbons (Fsp3) is 0.188. The minimum absolute atomic E-state index is 0.212. The second-order valence-corrected chi connectivity index (χ2v) is 7.37. The number of carboxylic acid groups (broad SMARTS) is 1. The number of rotatable bonds is 3. The molecule has 124 valence electrons. The Morgan fingerprint density at radius 2 is 2.00 bits per heavy atom. The van der Waals surface area contributed by atoms with Gasteiger partial charge in [0.2, 0.25) is 0 Å². The summed E-state index contributed by atoms with van der Waals surface area (Å²) in [4.78, 5) is 29.4. The number of imide groups is 1. The molecule has 0 radical (unpaired) electrons. The number of hydrogen-bond donors (Lipinski definition) is 1. The van der Waals surface area contributed by atoms with Crippen molar-refractivity contribution in [2.24, 2.45) is 0 Å². The van der Waals surface area contributed by atoms with Crippen molar-refractivity contribution >= 4 is 57.8 Å². The number of carbonyl (C=O) groups excluding carboxylic acids is 1. The summed E-state index contributed by atoms with van der Waals surface area (Å²) in [6, 6.07) is 7.96. The van der Waals surface area contributed by atoms with Crippen molar-refractivity contribution in [1.29, 1.82) is 0 Å². The summed E-state index contributed by atoms with van der Waals surface area (Å²) in [5.74, 6) is -0.749. The van der Waals surface area contributed by atoms with E-state index < -0.39 is 18.0 Å². The van der Waals surface area contributed by atoms with Gasteiger partial charge in [-0.05, 0) is 47.2 Å². The molecule has 1 aromatic carbocycles. The summed E-state index contributed by atoms with van der Waals surface area (Å²) < 4.78 is 0.700. The molecule has 0 bridgehead atoms. The Kier molecular flexibility index (Phi) is 4.98. The lowest BCUT2D eigenvalue weighted by Gasteiger charge is -2.18. The zero-order chi connectivity index (χ0) is 17.4. The van der Waals surface area contributed by atoms with E-state index in [4.69, 9.17) is 23.2 Å². The van der Waals surface area contributed by atoms with Gasteiger partial charge in [-0.3, -0.25) is 9.78 Å². The molecule has 2 unspecified atom stereocenters. The molecule has 1 N–H and O–H groups in total. The maximum Gasteiger partial charge on any atom is 0.414 e. The van der Waals surface area contributed by atoms with E-state index in [0.29, 0.717) is 31.3 Å². The molecular weight excluding hydrogens is 466 g/mol. The molecule has 2 amide bonds. The van der Waals surface area contributed by atoms with Gasteiger partial charge in [-0.2, -0.15) is 0 Å². The van der Waals surface area contributed by atoms with Crippen LogP contribution in [0.2, 0.25) is 10.0 Å². The maximum absolute atomic E-state index is 12.7. The van der Waals surface area contributed by atoms with Crippen LogP contribution in [0.4, 0.5) is 4.79 Å². The van der Waals surface area contributed by atoms with Crippen LogP contribution in [0.15, 0.2) is 36.5 Å². The van der Waals surface area contributed by atoms with Crippen molar-refractivity contribution in [3.05, 3.63) is 61.4 Å². The van der Waals surface area contributed by atoms with Gasteiger partial charge in [0.15, 0.2) is 0 Å². The lowest BCUT2D eigenvalue weighted by molar-refractivity contribution is 0.0725. The second kappa shape index (κ2) is 6.85. The predicted octanol–water partition coefficient (Wildman–Crippen LogP) is 4.67. The van der Waals surface area contributed by atoms with Crippen molar-refractivity contribution in [2.45, 2.75) is 18.4 Å². The molecule has 2 atom stereocenters. The zero-order valence-corrected chi connectivity index (χ0v) is 15.8. The summed E-state index contributed by atoms with van der Waals surface area (Å²) in [7, 11) is 0. The highest BCUT2D eigenvalue weighted by atomic mass is 127. The largest absolute Gasteiger partial charge is 0.465 e. The summed E-state index contributed by atoms with van der Waals surface area (Å²) in [5, 5.41) is 10.3. The van der Waals surface area contributed by atoms with Crippen LogP contribution < -0.4 is 0 Å². The minimum Gasteiger partial charge on any atom is -0.465 e. The maximum atomic E-state index is 12.7. The minimum atomic E-state index is -1.28. The number of aromatic nitrogens is 1. The van der Waals surface area contributed by atoms with E-state index in [1.165, 1.54) is 6.20 Å². The van der Waals surface area contributed by atoms with Crippen molar-refractivity contribution in [3.63, 3.8) is 0 Å². The van der Waals surface area contributed by atoms with Gasteiger partial charge < -0.3 is 5.11 Å². The molecule has 1 aromatic heterocycles. The van der Waals surface area contributed by atoms with E-state index in [2.05, 4.69) is 4.98 Å². The highest BCUT2D eigenvalue weighted by Crippen LogP contribution is 2.47. The molecule has 1 saturated carbocycles. The Labute approximate surface area is 161 Å². The average molecular weight is 477 g/mol. The van der Waals surface area contributed by atoms with Crippen LogP contribution in [0.3, 0.4) is 0 Å². The van der Waals surface area contributed by atoms with Crippen LogP contribution in [0, 0.1) is 3.57 Å². The van der Waals surface area contributed by atoms with Crippen LogP contribution in [-0.2, 0) is 0 Å². The number of amides is 2. The lowest BCUT2D eigenvalue weighted by Crippen LogP contribution is -2.38. The smallest absolute Gasteiger partial charge is 0.414 e. The quantitative estimate of drug-likeness (QED) is 0.653. The van der Waals surface area contributed by atoms with Gasteiger partial charge >= 0.3 is 6.09 Å². The topological polar surface area (TPSA) is 70.5 Å². The fourth-order valence-electron chi connectivity index (χ4n) is 2.60. The van der Waals surface area contributed by atoms with Gasteiger partial charge in [0.05, 0.1) is 27.3 Å². The highest BCUT2D eigenvalue weighted by molar-refractivity contribution is 14.1. The van der Waals surface area contributed by atoms with E-state index in [0.717, 1.165) is 4.90 Å². The van der Waals surface area contributed by atoms with Crippen LogP contribution in [0.25, 0.3) is 0 Å². The first-order chi connectivity index (χ1) is 11.4. The van der Waals surface area contributed by atoms with Gasteiger partial charge in [0.1, 0.15) is 0 Å². The Hall–Kier alpha value is -1.38. The molecule has 1 aliphatic rings. The summed E-state index contributed by atoms with van der Waals surface area (Å²) in [5.41, 5.74) is 0.925. The van der Waals surface area contributed by atoms with E-state index >= 15 is 0 Å². The first-order valence-corrected chi connectivity index (χ1v) is 8.85. The van der Waals surface area contributed by atoms with Gasteiger partial charge in [-0.1, -0.05) is 35.3 Å². The summed E-state index contributed by atoms with van der Waals surface area (Å²) in [6.07, 6.45) is 0.679. The van der Waals surface area contributed by atoms with Crippen LogP contribution >= 0.6 is 45.8 Å². The molecule has 1 aliphatic carbocycles. The normalized spacial score (nSPS) is 19.0. The third-order valence-corrected chi connectivity index (χ3v) is 5.26. The van der Waals surface area contributed by atoms with Gasteiger partial charge in [0.25, 0.3) is 5.91 Å². The van der Waals surface area contributed by atoms with Crippen LogP contribution in [-0.4, -0.2) is 33.0 Å². The first kappa shape index (κ1) is 17.4. The first-order valence-electron chi connectivity index (χ1n) is 7.02. The second-order valence-electron chi connectivity index (χ2n) is 5.37. The molecule has 0 spiro atoms. The number of benzene rings is 1. The molecule has 0 saturated heterocycles. The van der Waals surface area contributed by atoms with Gasteiger partial charge in [-0.25, -0.2) is 9.69 Å².